The summed E-state index contributed by atoms with van der Waals surface area (Å²) in [5.74, 6) is 0.123. The molecule has 0 aliphatic carbocycles. The second kappa shape index (κ2) is 6.72. The molecule has 0 aromatic carbocycles. The monoisotopic (exact) mass is 346 g/mol. The number of rotatable bonds is 6. The maximum Gasteiger partial charge on any atom is 0.250 e. The summed E-state index contributed by atoms with van der Waals surface area (Å²) in [7, 11) is 1.93. The van der Waals surface area contributed by atoms with E-state index >= 15 is 0 Å². The molecule has 7 heteroatoms. The van der Waals surface area contributed by atoms with Crippen molar-refractivity contribution in [2.45, 2.75) is 25.0 Å². The zero-order valence-corrected chi connectivity index (χ0v) is 14.4. The third-order valence-corrected chi connectivity index (χ3v) is 5.18. The van der Waals surface area contributed by atoms with Gasteiger partial charge in [0.05, 0.1) is 18.4 Å². The lowest BCUT2D eigenvalue weighted by Crippen LogP contribution is -2.64. The molecule has 0 amide bonds. The van der Waals surface area contributed by atoms with Crippen molar-refractivity contribution in [3.05, 3.63) is 42.1 Å². The summed E-state index contributed by atoms with van der Waals surface area (Å²) < 4.78 is 27.0. The van der Waals surface area contributed by atoms with Crippen LogP contribution in [0.25, 0.3) is 0 Å². The van der Waals surface area contributed by atoms with Crippen molar-refractivity contribution in [2.75, 3.05) is 26.3 Å². The number of nitrogens with zero attached hydrogens (tertiary/aromatic N) is 4. The fraction of sp³-hybridized carbons (Fsp3) is 0.556. The molecule has 1 atom stereocenters. The molecule has 1 unspecified atom stereocenters. The topological polar surface area (TPSA) is 52.4 Å². The van der Waals surface area contributed by atoms with E-state index in [-0.39, 0.29) is 11.5 Å². The van der Waals surface area contributed by atoms with Gasteiger partial charge in [-0.25, -0.2) is 9.37 Å². The minimum atomic E-state index is -0.411. The molecule has 134 valence electrons. The molecule has 0 radical (unpaired) electrons. The largest absolute Gasteiger partial charge is 0.476 e. The molecule has 1 spiro atoms. The van der Waals surface area contributed by atoms with Crippen LogP contribution in [0.5, 0.6) is 5.88 Å². The van der Waals surface area contributed by atoms with Crippen molar-refractivity contribution in [2.24, 2.45) is 13.0 Å². The van der Waals surface area contributed by atoms with E-state index in [2.05, 4.69) is 15.0 Å². The second-order valence-corrected chi connectivity index (χ2v) is 6.99. The first kappa shape index (κ1) is 16.5. The fourth-order valence-electron chi connectivity index (χ4n) is 3.95. The van der Waals surface area contributed by atoms with Crippen LogP contribution in [0.1, 0.15) is 18.4 Å². The highest BCUT2D eigenvalue weighted by atomic mass is 19.1. The summed E-state index contributed by atoms with van der Waals surface area (Å²) in [6, 6.07) is 2.93. The molecule has 0 saturated carbocycles. The number of hydrogen-bond donors (Lipinski definition) is 0. The Morgan fingerprint density at radius 2 is 2.32 bits per heavy atom. The van der Waals surface area contributed by atoms with Gasteiger partial charge in [0.1, 0.15) is 0 Å². The molecule has 0 N–H and O–H groups in total. The Morgan fingerprint density at radius 3 is 3.08 bits per heavy atom. The minimum absolute atomic E-state index is 0.0613. The Hall–Kier alpha value is -1.99. The Kier molecular flexibility index (Phi) is 4.43. The summed E-state index contributed by atoms with van der Waals surface area (Å²) in [5.41, 5.74) is 1.16. The Bertz CT molecular complexity index is 729. The quantitative estimate of drug-likeness (QED) is 0.801. The lowest BCUT2D eigenvalue weighted by molar-refractivity contribution is -0.138. The second-order valence-electron chi connectivity index (χ2n) is 6.99. The third kappa shape index (κ3) is 3.39. The van der Waals surface area contributed by atoms with Crippen LogP contribution in [-0.4, -0.2) is 51.6 Å². The van der Waals surface area contributed by atoms with Crippen molar-refractivity contribution in [1.29, 1.82) is 0 Å². The maximum atomic E-state index is 13.6. The molecular formula is C18H23FN4O2. The van der Waals surface area contributed by atoms with Crippen LogP contribution in [0.15, 0.2) is 30.7 Å². The Morgan fingerprint density at radius 1 is 1.44 bits per heavy atom. The van der Waals surface area contributed by atoms with E-state index in [4.69, 9.17) is 9.47 Å². The van der Waals surface area contributed by atoms with Gasteiger partial charge in [0, 0.05) is 51.2 Å². The van der Waals surface area contributed by atoms with Crippen molar-refractivity contribution in [3.8, 4) is 5.88 Å². The molecule has 2 aliphatic rings. The summed E-state index contributed by atoms with van der Waals surface area (Å²) in [5, 5.41) is 4.21. The van der Waals surface area contributed by atoms with Gasteiger partial charge in [-0.15, -0.1) is 0 Å². The lowest BCUT2D eigenvalue weighted by Gasteiger charge is -2.50. The molecule has 2 fully saturated rings. The van der Waals surface area contributed by atoms with Gasteiger partial charge in [0.2, 0.25) is 5.88 Å². The highest BCUT2D eigenvalue weighted by Gasteiger charge is 2.52. The molecule has 4 heterocycles. The molecule has 0 bridgehead atoms. The summed E-state index contributed by atoms with van der Waals surface area (Å²) in [6.07, 6.45) is 7.40. The molecule has 2 aromatic rings. The predicted octanol–water partition coefficient (Wildman–Crippen LogP) is 2.01. The van der Waals surface area contributed by atoms with E-state index < -0.39 is 5.82 Å². The van der Waals surface area contributed by atoms with Gasteiger partial charge < -0.3 is 9.47 Å². The van der Waals surface area contributed by atoms with Crippen molar-refractivity contribution in [1.82, 2.24) is 19.7 Å². The average molecular weight is 346 g/mol. The molecule has 2 aromatic heterocycles. The number of hydrogen-bond acceptors (Lipinski definition) is 5. The van der Waals surface area contributed by atoms with Gasteiger partial charge in [0.25, 0.3) is 0 Å². The Balaban J connectivity index is 1.27. The molecular weight excluding hydrogens is 323 g/mol. The Labute approximate surface area is 146 Å². The lowest BCUT2D eigenvalue weighted by atomic mass is 9.79. The van der Waals surface area contributed by atoms with Crippen LogP contribution in [0, 0.1) is 11.7 Å². The van der Waals surface area contributed by atoms with E-state index in [1.54, 1.807) is 12.3 Å². The number of aromatic nitrogens is 3. The normalized spacial score (nSPS) is 22.2. The molecule has 2 saturated heterocycles. The summed E-state index contributed by atoms with van der Waals surface area (Å²) >= 11 is 0. The number of halogens is 1. The van der Waals surface area contributed by atoms with E-state index in [1.807, 2.05) is 24.1 Å². The van der Waals surface area contributed by atoms with Gasteiger partial charge >= 0.3 is 0 Å². The van der Waals surface area contributed by atoms with Crippen LogP contribution in [0.3, 0.4) is 0 Å². The number of ether oxygens (including phenoxy) is 2. The standard InChI is InChI=1S/C18H23FN4O2/c1-22-10-14(9-21-22)11-23-12-18(13-23)15(5-8-25-18)4-7-24-17-16(19)3-2-6-20-17/h2-3,6,9-10,15H,4-5,7-8,11-13H2,1H3. The zero-order chi connectivity index (χ0) is 17.3. The van der Waals surface area contributed by atoms with Crippen LogP contribution in [0.4, 0.5) is 4.39 Å². The van der Waals surface area contributed by atoms with E-state index in [1.165, 1.54) is 11.6 Å². The molecule has 6 nitrogen and oxygen atoms in total. The van der Waals surface area contributed by atoms with Gasteiger partial charge in [0.15, 0.2) is 5.82 Å². The third-order valence-electron chi connectivity index (χ3n) is 5.18. The first-order valence-electron chi connectivity index (χ1n) is 8.72. The van der Waals surface area contributed by atoms with Crippen molar-refractivity contribution < 1.29 is 13.9 Å². The molecule has 4 rings (SSSR count). The van der Waals surface area contributed by atoms with E-state index in [0.29, 0.717) is 12.5 Å². The average Bonchev–Trinajstić information content (AvgIpc) is 3.16. The predicted molar refractivity (Wildman–Crippen MR) is 89.6 cm³/mol. The fourth-order valence-corrected chi connectivity index (χ4v) is 3.95. The number of aryl methyl sites for hydroxylation is 1. The summed E-state index contributed by atoms with van der Waals surface area (Å²) in [6.45, 7) is 4.03. The van der Waals surface area contributed by atoms with Gasteiger partial charge in [-0.05, 0) is 30.9 Å². The van der Waals surface area contributed by atoms with Crippen molar-refractivity contribution in [3.63, 3.8) is 0 Å². The summed E-state index contributed by atoms with van der Waals surface area (Å²) in [4.78, 5) is 6.31. The smallest absolute Gasteiger partial charge is 0.250 e. The van der Waals surface area contributed by atoms with Crippen LogP contribution in [0.2, 0.25) is 0 Å². The van der Waals surface area contributed by atoms with Crippen LogP contribution in [-0.2, 0) is 18.3 Å². The molecule has 25 heavy (non-hydrogen) atoms. The van der Waals surface area contributed by atoms with E-state index in [0.717, 1.165) is 39.1 Å². The maximum absolute atomic E-state index is 13.6. The van der Waals surface area contributed by atoms with Gasteiger partial charge in [-0.3, -0.25) is 9.58 Å². The molecule has 2 aliphatic heterocycles. The van der Waals surface area contributed by atoms with Crippen LogP contribution >= 0.6 is 0 Å². The first-order chi connectivity index (χ1) is 12.1. The van der Waals surface area contributed by atoms with Crippen molar-refractivity contribution >= 4 is 0 Å². The minimum Gasteiger partial charge on any atom is -0.476 e. The number of pyridine rings is 1. The highest BCUT2D eigenvalue weighted by molar-refractivity contribution is 5.13. The number of likely N-dealkylation sites (tertiary alicyclic amines) is 1. The van der Waals surface area contributed by atoms with Crippen LogP contribution < -0.4 is 4.74 Å². The highest BCUT2D eigenvalue weighted by Crippen LogP contribution is 2.42. The van der Waals surface area contributed by atoms with Gasteiger partial charge in [-0.2, -0.15) is 5.10 Å². The van der Waals surface area contributed by atoms with Gasteiger partial charge in [-0.1, -0.05) is 0 Å². The van der Waals surface area contributed by atoms with E-state index in [9.17, 15) is 4.39 Å². The first-order valence-corrected chi connectivity index (χ1v) is 8.72. The zero-order valence-electron chi connectivity index (χ0n) is 14.4. The SMILES string of the molecule is Cn1cc(CN2CC3(C2)OCCC3CCOc2ncccc2F)cn1.